The Morgan fingerprint density at radius 1 is 1.07 bits per heavy atom. The highest BCUT2D eigenvalue weighted by Gasteiger charge is 2.33. The number of hydrogen-bond donors (Lipinski definition) is 1. The predicted molar refractivity (Wildman–Crippen MR) is 104 cm³/mol. The molecular formula is C20H16F2N4O2S. The van der Waals surface area contributed by atoms with Gasteiger partial charge in [-0.1, -0.05) is 17.4 Å². The summed E-state index contributed by atoms with van der Waals surface area (Å²) >= 11 is 1.10. The Labute approximate surface area is 169 Å². The number of hydrogen-bond acceptors (Lipinski definition) is 5. The van der Waals surface area contributed by atoms with Crippen molar-refractivity contribution >= 4 is 28.8 Å². The third-order valence-corrected chi connectivity index (χ3v) is 5.63. The summed E-state index contributed by atoms with van der Waals surface area (Å²) in [4.78, 5) is 26.9. The minimum atomic E-state index is -0.492. The molecule has 0 bridgehead atoms. The molecule has 9 heteroatoms. The molecule has 0 radical (unpaired) electrons. The number of halogens is 2. The largest absolute Gasteiger partial charge is 0.329 e. The third-order valence-electron chi connectivity index (χ3n) is 4.61. The lowest BCUT2D eigenvalue weighted by molar-refractivity contribution is 0.0735. The molecule has 1 fully saturated rings. The molecule has 0 spiro atoms. The van der Waals surface area contributed by atoms with Gasteiger partial charge in [0, 0.05) is 17.8 Å². The molecule has 2 heterocycles. The summed E-state index contributed by atoms with van der Waals surface area (Å²) in [6, 6.07) is 10.7. The van der Waals surface area contributed by atoms with Gasteiger partial charge in [-0.15, -0.1) is 10.2 Å². The zero-order valence-corrected chi connectivity index (χ0v) is 16.0. The van der Waals surface area contributed by atoms with Crippen LogP contribution in [-0.2, 0) is 0 Å². The summed E-state index contributed by atoms with van der Waals surface area (Å²) in [5.74, 6) is -1.57. The number of aromatic nitrogens is 2. The highest BCUT2D eigenvalue weighted by molar-refractivity contribution is 7.13. The van der Waals surface area contributed by atoms with Crippen molar-refractivity contribution in [3.8, 4) is 0 Å². The third kappa shape index (κ3) is 4.14. The first-order chi connectivity index (χ1) is 14.0. The second-order valence-corrected chi connectivity index (χ2v) is 7.58. The van der Waals surface area contributed by atoms with E-state index in [4.69, 9.17) is 0 Å². The van der Waals surface area contributed by atoms with Gasteiger partial charge in [0.05, 0.1) is 6.04 Å². The molecule has 0 aliphatic carbocycles. The molecule has 1 N–H and O–H groups in total. The van der Waals surface area contributed by atoms with Gasteiger partial charge in [-0.05, 0) is 55.3 Å². The van der Waals surface area contributed by atoms with E-state index in [2.05, 4.69) is 15.5 Å². The number of carbonyl (C=O) groups excluding carboxylic acids is 2. The Bertz CT molecular complexity index is 1050. The van der Waals surface area contributed by atoms with Crippen LogP contribution in [0, 0.1) is 11.6 Å². The maximum atomic E-state index is 13.3. The van der Waals surface area contributed by atoms with Crippen LogP contribution < -0.4 is 5.32 Å². The van der Waals surface area contributed by atoms with Crippen molar-refractivity contribution in [3.63, 3.8) is 0 Å². The minimum absolute atomic E-state index is 0.130. The van der Waals surface area contributed by atoms with Crippen molar-refractivity contribution in [3.05, 3.63) is 75.7 Å². The van der Waals surface area contributed by atoms with Crippen LogP contribution in [0.25, 0.3) is 0 Å². The average molecular weight is 414 g/mol. The van der Waals surface area contributed by atoms with Crippen LogP contribution >= 0.6 is 11.3 Å². The summed E-state index contributed by atoms with van der Waals surface area (Å²) in [5, 5.41) is 11.3. The van der Waals surface area contributed by atoms with Gasteiger partial charge in [-0.3, -0.25) is 9.59 Å². The minimum Gasteiger partial charge on any atom is -0.329 e. The topological polar surface area (TPSA) is 75.2 Å². The average Bonchev–Trinajstić information content (AvgIpc) is 3.37. The van der Waals surface area contributed by atoms with E-state index in [9.17, 15) is 18.4 Å². The van der Waals surface area contributed by atoms with E-state index in [0.717, 1.165) is 17.8 Å². The molecule has 1 aliphatic rings. The van der Waals surface area contributed by atoms with Gasteiger partial charge in [-0.25, -0.2) is 8.78 Å². The van der Waals surface area contributed by atoms with Crippen LogP contribution in [0.15, 0.2) is 48.5 Å². The number of nitrogens with one attached hydrogen (secondary N) is 1. The first-order valence-corrected chi connectivity index (χ1v) is 9.80. The van der Waals surface area contributed by atoms with E-state index in [-0.39, 0.29) is 17.0 Å². The number of nitrogens with zero attached hydrogens (tertiary/aromatic N) is 3. The van der Waals surface area contributed by atoms with Gasteiger partial charge in [0.1, 0.15) is 16.6 Å². The van der Waals surface area contributed by atoms with Gasteiger partial charge in [-0.2, -0.15) is 0 Å². The normalized spacial score (nSPS) is 16.1. The molecule has 3 aromatic rings. The van der Waals surface area contributed by atoms with Crippen molar-refractivity contribution < 1.29 is 18.4 Å². The Balaban J connectivity index is 1.49. The Morgan fingerprint density at radius 2 is 1.86 bits per heavy atom. The van der Waals surface area contributed by atoms with Gasteiger partial charge >= 0.3 is 0 Å². The maximum Gasteiger partial charge on any atom is 0.286 e. The highest BCUT2D eigenvalue weighted by Crippen LogP contribution is 2.34. The molecule has 1 aliphatic heterocycles. The Hall–Kier alpha value is -3.20. The van der Waals surface area contributed by atoms with Crippen LogP contribution in [-0.4, -0.2) is 33.5 Å². The summed E-state index contributed by atoms with van der Waals surface area (Å²) < 4.78 is 26.4. The fourth-order valence-corrected chi connectivity index (χ4v) is 4.12. The molecule has 148 valence electrons. The smallest absolute Gasteiger partial charge is 0.286 e. The lowest BCUT2D eigenvalue weighted by atomic mass is 10.1. The molecule has 1 aromatic heterocycles. The van der Waals surface area contributed by atoms with Crippen molar-refractivity contribution in [2.75, 3.05) is 11.9 Å². The summed E-state index contributed by atoms with van der Waals surface area (Å²) in [7, 11) is 0. The predicted octanol–water partition coefficient (Wildman–Crippen LogP) is 4.05. The molecule has 2 amide bonds. The number of benzene rings is 2. The van der Waals surface area contributed by atoms with E-state index in [1.165, 1.54) is 42.5 Å². The molecule has 0 unspecified atom stereocenters. The second-order valence-electron chi connectivity index (χ2n) is 6.57. The van der Waals surface area contributed by atoms with Gasteiger partial charge in [0.25, 0.3) is 11.8 Å². The molecule has 6 nitrogen and oxygen atoms in total. The highest BCUT2D eigenvalue weighted by atomic mass is 32.1. The summed E-state index contributed by atoms with van der Waals surface area (Å²) in [6.45, 7) is 0.547. The molecule has 1 atom stereocenters. The molecule has 0 saturated carbocycles. The van der Waals surface area contributed by atoms with Gasteiger partial charge in [0.2, 0.25) is 5.01 Å². The Kier molecular flexibility index (Phi) is 5.30. The first-order valence-electron chi connectivity index (χ1n) is 8.98. The zero-order chi connectivity index (χ0) is 20.4. The van der Waals surface area contributed by atoms with E-state index in [1.54, 1.807) is 11.0 Å². The fraction of sp³-hybridized carbons (Fsp3) is 0.200. The van der Waals surface area contributed by atoms with Crippen LogP contribution in [0.3, 0.4) is 0 Å². The number of rotatable bonds is 4. The molecule has 1 saturated heterocycles. The standard InChI is InChI=1S/C20H16F2N4O2S/c21-13-8-6-12(7-9-13)20(28)26-10-2-5-16(26)18-24-25-19(29-18)17(27)23-15-4-1-3-14(22)11-15/h1,3-4,6-9,11,16H,2,5,10H2,(H,23,27)/t16-/m0/s1. The quantitative estimate of drug-likeness (QED) is 0.699. The van der Waals surface area contributed by atoms with Crippen molar-refractivity contribution in [1.82, 2.24) is 15.1 Å². The summed E-state index contributed by atoms with van der Waals surface area (Å²) in [5.41, 5.74) is 0.715. The summed E-state index contributed by atoms with van der Waals surface area (Å²) in [6.07, 6.45) is 1.50. The maximum absolute atomic E-state index is 13.3. The van der Waals surface area contributed by atoms with E-state index < -0.39 is 17.5 Å². The van der Waals surface area contributed by atoms with E-state index in [1.807, 2.05) is 0 Å². The monoisotopic (exact) mass is 414 g/mol. The van der Waals surface area contributed by atoms with Crippen LogP contribution in [0.1, 0.15) is 44.1 Å². The molecule has 29 heavy (non-hydrogen) atoms. The SMILES string of the molecule is O=C(Nc1cccc(F)c1)c1nnc([C@@H]2CCCN2C(=O)c2ccc(F)cc2)s1. The number of carbonyl (C=O) groups is 2. The van der Waals surface area contributed by atoms with Crippen LogP contribution in [0.5, 0.6) is 0 Å². The van der Waals surface area contributed by atoms with Gasteiger partial charge < -0.3 is 10.2 Å². The number of likely N-dealkylation sites (tertiary alicyclic amines) is 1. The number of amides is 2. The zero-order valence-electron chi connectivity index (χ0n) is 15.1. The van der Waals surface area contributed by atoms with Crippen LogP contribution in [0.2, 0.25) is 0 Å². The van der Waals surface area contributed by atoms with Crippen molar-refractivity contribution in [2.24, 2.45) is 0 Å². The lowest BCUT2D eigenvalue weighted by Gasteiger charge is -2.22. The second kappa shape index (κ2) is 8.04. The fourth-order valence-electron chi connectivity index (χ4n) is 3.24. The van der Waals surface area contributed by atoms with Crippen molar-refractivity contribution in [2.45, 2.75) is 18.9 Å². The van der Waals surface area contributed by atoms with E-state index in [0.29, 0.717) is 29.2 Å². The molecule has 4 rings (SSSR count). The van der Waals surface area contributed by atoms with Crippen molar-refractivity contribution in [1.29, 1.82) is 0 Å². The Morgan fingerprint density at radius 3 is 2.62 bits per heavy atom. The molecular weight excluding hydrogens is 398 g/mol. The van der Waals surface area contributed by atoms with Gasteiger partial charge in [0.15, 0.2) is 0 Å². The van der Waals surface area contributed by atoms with Crippen LogP contribution in [0.4, 0.5) is 14.5 Å². The first kappa shape index (κ1) is 19.1. The lowest BCUT2D eigenvalue weighted by Crippen LogP contribution is -2.30. The van der Waals surface area contributed by atoms with E-state index >= 15 is 0 Å². The molecule has 2 aromatic carbocycles. The number of anilines is 1.